The second kappa shape index (κ2) is 7.93. The first-order valence-corrected chi connectivity index (χ1v) is 16.3. The number of esters is 1. The molecule has 0 aromatic rings. The van der Waals surface area contributed by atoms with Crippen molar-refractivity contribution in [2.45, 2.75) is 92.3 Å². The van der Waals surface area contributed by atoms with E-state index in [0.717, 1.165) is 19.3 Å². The van der Waals surface area contributed by atoms with Crippen LogP contribution in [0.4, 0.5) is 0 Å². The number of carbonyl (C=O) groups is 1. The number of fused-ring (bicyclic) bond motifs is 2. The Morgan fingerprint density at radius 2 is 1.88 bits per heavy atom. The van der Waals surface area contributed by atoms with Gasteiger partial charge in [-0.2, -0.15) is 0 Å². The van der Waals surface area contributed by atoms with Gasteiger partial charge in [0.1, 0.15) is 5.41 Å². The van der Waals surface area contributed by atoms with Gasteiger partial charge in [-0.3, -0.25) is 4.79 Å². The lowest BCUT2D eigenvalue weighted by molar-refractivity contribution is -0.195. The van der Waals surface area contributed by atoms with Crippen LogP contribution in [-0.4, -0.2) is 39.2 Å². The summed E-state index contributed by atoms with van der Waals surface area (Å²) < 4.78 is 13.0. The average Bonchev–Trinajstić information content (AvgIpc) is 3.29. The quantitative estimate of drug-likeness (QED) is 0.270. The van der Waals surface area contributed by atoms with Crippen LogP contribution in [0.3, 0.4) is 0 Å². The van der Waals surface area contributed by atoms with Crippen molar-refractivity contribution in [1.29, 1.82) is 0 Å². The highest BCUT2D eigenvalue weighted by Crippen LogP contribution is 2.83. The van der Waals surface area contributed by atoms with Gasteiger partial charge in [-0.25, -0.2) is 0 Å². The Hall–Kier alpha value is -0.653. The van der Waals surface area contributed by atoms with Crippen LogP contribution >= 0.6 is 0 Å². The number of aliphatic hydroxyl groups is 1. The first-order chi connectivity index (χ1) is 15.3. The summed E-state index contributed by atoms with van der Waals surface area (Å²) in [5.41, 5.74) is -0.278. The fourth-order valence-electron chi connectivity index (χ4n) is 8.59. The first-order valence-electron chi connectivity index (χ1n) is 13.4. The molecule has 33 heavy (non-hydrogen) atoms. The van der Waals surface area contributed by atoms with Gasteiger partial charge in [-0.1, -0.05) is 59.6 Å². The van der Waals surface area contributed by atoms with Crippen LogP contribution in [0.15, 0.2) is 11.6 Å². The Morgan fingerprint density at radius 1 is 1.21 bits per heavy atom. The molecule has 0 radical (unpaired) electrons. The molecular weight excluding hydrogens is 428 g/mol. The molecule has 0 amide bonds. The van der Waals surface area contributed by atoms with Crippen molar-refractivity contribution in [2.75, 3.05) is 19.8 Å². The number of hydrogen-bond donors (Lipinski definition) is 1. The number of ether oxygens (including phenoxy) is 1. The molecule has 0 aliphatic heterocycles. The fraction of sp³-hybridized carbons (Fsp3) is 0.893. The van der Waals surface area contributed by atoms with Crippen molar-refractivity contribution in [1.82, 2.24) is 0 Å². The van der Waals surface area contributed by atoms with Gasteiger partial charge in [0.05, 0.1) is 13.2 Å². The lowest BCUT2D eigenvalue weighted by Crippen LogP contribution is -2.65. The summed E-state index contributed by atoms with van der Waals surface area (Å²) in [6.45, 7) is 21.3. The Labute approximate surface area is 203 Å². The third-order valence-electron chi connectivity index (χ3n) is 11.1. The van der Waals surface area contributed by atoms with Crippen molar-refractivity contribution in [3.8, 4) is 0 Å². The SMILES string of the molecule is CCOC(=O)[C@@]12C(C(C)C)=C[C@H]3C[C@]1(CO)[C@@H]1CC[C@@H](C)[C@H]1C[C@]32CO[Si](C)(C)C(C)(C)C. The predicted octanol–water partition coefficient (Wildman–Crippen LogP) is 6.20. The molecule has 5 heteroatoms. The van der Waals surface area contributed by atoms with Crippen LogP contribution in [0.25, 0.3) is 0 Å². The van der Waals surface area contributed by atoms with Crippen molar-refractivity contribution < 1.29 is 19.1 Å². The smallest absolute Gasteiger partial charge is 0.317 e. The van der Waals surface area contributed by atoms with Crippen LogP contribution in [0.5, 0.6) is 0 Å². The van der Waals surface area contributed by atoms with Crippen LogP contribution in [0, 0.1) is 45.8 Å². The summed E-state index contributed by atoms with van der Waals surface area (Å²) in [7, 11) is -2.02. The van der Waals surface area contributed by atoms with E-state index in [9.17, 15) is 9.90 Å². The van der Waals surface area contributed by atoms with Gasteiger partial charge < -0.3 is 14.3 Å². The molecule has 3 saturated carbocycles. The molecule has 4 bridgehead atoms. The maximum atomic E-state index is 14.3. The number of rotatable bonds is 7. The number of carbonyl (C=O) groups excluding carboxylic acids is 1. The molecule has 4 aliphatic carbocycles. The molecule has 7 atom stereocenters. The summed E-state index contributed by atoms with van der Waals surface area (Å²) >= 11 is 0. The van der Waals surface area contributed by atoms with E-state index in [1.54, 1.807) is 0 Å². The largest absolute Gasteiger partial charge is 0.465 e. The van der Waals surface area contributed by atoms with Gasteiger partial charge in [0, 0.05) is 17.4 Å². The number of aliphatic hydroxyl groups excluding tert-OH is 1. The second-order valence-corrected chi connectivity index (χ2v) is 18.4. The van der Waals surface area contributed by atoms with Gasteiger partial charge in [0.2, 0.25) is 0 Å². The van der Waals surface area contributed by atoms with E-state index in [0.29, 0.717) is 31.0 Å². The molecule has 4 rings (SSSR count). The highest BCUT2D eigenvalue weighted by Gasteiger charge is 2.84. The molecule has 0 aromatic carbocycles. The molecule has 0 unspecified atom stereocenters. The third kappa shape index (κ3) is 3.03. The number of allylic oxidation sites excluding steroid dienone is 1. The highest BCUT2D eigenvalue weighted by molar-refractivity contribution is 6.74. The normalized spacial score (nSPS) is 42.0. The van der Waals surface area contributed by atoms with Gasteiger partial charge >= 0.3 is 5.97 Å². The predicted molar refractivity (Wildman–Crippen MR) is 135 cm³/mol. The minimum absolute atomic E-state index is 0.0715. The van der Waals surface area contributed by atoms with E-state index in [2.05, 4.69) is 60.7 Å². The lowest BCUT2D eigenvalue weighted by Gasteiger charge is -2.61. The van der Waals surface area contributed by atoms with Gasteiger partial charge in [-0.05, 0) is 73.9 Å². The molecule has 0 spiro atoms. The van der Waals surface area contributed by atoms with Crippen molar-refractivity contribution in [2.24, 2.45) is 45.8 Å². The fourth-order valence-corrected chi connectivity index (χ4v) is 9.64. The van der Waals surface area contributed by atoms with Crippen molar-refractivity contribution in [3.63, 3.8) is 0 Å². The first kappa shape index (κ1) is 25.4. The molecule has 1 N–H and O–H groups in total. The Kier molecular flexibility index (Phi) is 6.11. The zero-order valence-electron chi connectivity index (χ0n) is 22.6. The molecule has 188 valence electrons. The van der Waals surface area contributed by atoms with E-state index in [1.165, 1.54) is 12.0 Å². The highest BCUT2D eigenvalue weighted by atomic mass is 28.4. The van der Waals surface area contributed by atoms with E-state index in [1.807, 2.05) is 6.92 Å². The van der Waals surface area contributed by atoms with Crippen molar-refractivity contribution >= 4 is 14.3 Å². The third-order valence-corrected chi connectivity index (χ3v) is 15.6. The molecule has 4 nitrogen and oxygen atoms in total. The van der Waals surface area contributed by atoms with Gasteiger partial charge in [0.25, 0.3) is 0 Å². The summed E-state index contributed by atoms with van der Waals surface area (Å²) in [5, 5.41) is 11.3. The summed E-state index contributed by atoms with van der Waals surface area (Å²) in [6.07, 6.45) is 6.65. The molecule has 0 saturated heterocycles. The van der Waals surface area contributed by atoms with E-state index in [4.69, 9.17) is 9.16 Å². The molecule has 0 heterocycles. The van der Waals surface area contributed by atoms with Crippen LogP contribution in [-0.2, 0) is 14.0 Å². The molecular formula is C28H48O4Si. The van der Waals surface area contributed by atoms with Gasteiger partial charge in [-0.15, -0.1) is 0 Å². The maximum absolute atomic E-state index is 14.3. The Morgan fingerprint density at radius 3 is 2.42 bits per heavy atom. The molecule has 0 aromatic heterocycles. The summed E-state index contributed by atoms with van der Waals surface area (Å²) in [6, 6.07) is 0. The minimum atomic E-state index is -2.02. The van der Waals surface area contributed by atoms with E-state index in [-0.39, 0.29) is 34.9 Å². The van der Waals surface area contributed by atoms with Crippen LogP contribution < -0.4 is 0 Å². The standard InChI is InChI=1S/C28H48O4Si/c1-10-31-24(30)28-23(18(2)3)13-20-14-26(28,16-29)22-12-11-19(4)21(22)15-27(20,28)17-32-33(8,9)25(5,6)7/h13,18-22,29H,10-12,14-17H2,1-9H3/t19-,20+,21-,22-,26+,27+,28+/m1/s1. The van der Waals surface area contributed by atoms with E-state index < -0.39 is 19.1 Å². The topological polar surface area (TPSA) is 55.8 Å². The zero-order valence-corrected chi connectivity index (χ0v) is 23.6. The Balaban J connectivity index is 1.92. The minimum Gasteiger partial charge on any atom is -0.465 e. The average molecular weight is 477 g/mol. The lowest BCUT2D eigenvalue weighted by atomic mass is 9.42. The van der Waals surface area contributed by atoms with Crippen LogP contribution in [0.1, 0.15) is 74.1 Å². The maximum Gasteiger partial charge on any atom is 0.317 e. The summed E-state index contributed by atoms with van der Waals surface area (Å²) in [5.74, 6) is 1.99. The molecule has 4 aliphatic rings. The number of hydrogen-bond acceptors (Lipinski definition) is 4. The van der Waals surface area contributed by atoms with Gasteiger partial charge in [0.15, 0.2) is 8.32 Å². The monoisotopic (exact) mass is 476 g/mol. The Bertz CT molecular complexity index is 826. The zero-order chi connectivity index (χ0) is 24.6. The second-order valence-electron chi connectivity index (χ2n) is 13.6. The van der Waals surface area contributed by atoms with E-state index >= 15 is 0 Å². The molecule has 3 fully saturated rings. The van der Waals surface area contributed by atoms with Crippen LogP contribution in [0.2, 0.25) is 18.1 Å². The summed E-state index contributed by atoms with van der Waals surface area (Å²) in [4.78, 5) is 14.3. The van der Waals surface area contributed by atoms with Crippen molar-refractivity contribution in [3.05, 3.63) is 11.6 Å².